The van der Waals surface area contributed by atoms with Crippen LogP contribution in [0.3, 0.4) is 0 Å². The van der Waals surface area contributed by atoms with Crippen LogP contribution in [0.2, 0.25) is 0 Å². The van der Waals surface area contributed by atoms with E-state index in [1.54, 1.807) is 0 Å². The van der Waals surface area contributed by atoms with Crippen molar-refractivity contribution in [2.45, 2.75) is 32.3 Å². The van der Waals surface area contributed by atoms with E-state index in [1.807, 2.05) is 17.8 Å². The standard InChI is InChI=1S/C12H20N2O/c1-11(2)5-4-9-6-14(3)7-10(9)12(11,15)8-13/h6-7,15H,4-5,8,13H2,1-3H3. The molecule has 0 bridgehead atoms. The van der Waals surface area contributed by atoms with Gasteiger partial charge < -0.3 is 15.4 Å². The van der Waals surface area contributed by atoms with Crippen molar-refractivity contribution >= 4 is 0 Å². The summed E-state index contributed by atoms with van der Waals surface area (Å²) in [4.78, 5) is 0. The fourth-order valence-corrected chi connectivity index (χ4v) is 2.62. The van der Waals surface area contributed by atoms with Crippen LogP contribution in [0.15, 0.2) is 12.4 Å². The fourth-order valence-electron chi connectivity index (χ4n) is 2.62. The lowest BCUT2D eigenvalue weighted by atomic mass is 9.64. The minimum Gasteiger partial charge on any atom is -0.383 e. The van der Waals surface area contributed by atoms with Gasteiger partial charge in [-0.25, -0.2) is 0 Å². The van der Waals surface area contributed by atoms with E-state index in [9.17, 15) is 5.11 Å². The van der Waals surface area contributed by atoms with Gasteiger partial charge >= 0.3 is 0 Å². The molecule has 0 saturated heterocycles. The second-order valence-corrected chi connectivity index (χ2v) is 5.31. The number of nitrogens with two attached hydrogens (primary N) is 1. The van der Waals surface area contributed by atoms with Crippen LogP contribution in [0.25, 0.3) is 0 Å². The molecule has 1 atom stereocenters. The van der Waals surface area contributed by atoms with Crippen LogP contribution in [-0.2, 0) is 19.1 Å². The topological polar surface area (TPSA) is 51.2 Å². The molecule has 1 aromatic heterocycles. The SMILES string of the molecule is Cn1cc2c(c1)C(O)(CN)C(C)(C)CC2. The third-order valence-corrected chi connectivity index (χ3v) is 3.92. The van der Waals surface area contributed by atoms with Gasteiger partial charge in [-0.1, -0.05) is 13.8 Å². The smallest absolute Gasteiger partial charge is 0.109 e. The largest absolute Gasteiger partial charge is 0.383 e. The molecule has 1 unspecified atom stereocenters. The molecular weight excluding hydrogens is 188 g/mol. The summed E-state index contributed by atoms with van der Waals surface area (Å²) >= 11 is 0. The van der Waals surface area contributed by atoms with Gasteiger partial charge in [0.15, 0.2) is 0 Å². The normalized spacial score (nSPS) is 28.9. The molecule has 0 amide bonds. The van der Waals surface area contributed by atoms with E-state index in [4.69, 9.17) is 5.73 Å². The Morgan fingerprint density at radius 3 is 2.73 bits per heavy atom. The molecule has 2 rings (SSSR count). The second kappa shape index (κ2) is 3.09. The molecule has 1 aliphatic carbocycles. The van der Waals surface area contributed by atoms with E-state index in [2.05, 4.69) is 20.0 Å². The Labute approximate surface area is 90.9 Å². The lowest BCUT2D eigenvalue weighted by Gasteiger charge is -2.45. The maximum Gasteiger partial charge on any atom is 0.109 e. The summed E-state index contributed by atoms with van der Waals surface area (Å²) in [6.45, 7) is 4.47. The second-order valence-electron chi connectivity index (χ2n) is 5.31. The first kappa shape index (κ1) is 10.7. The number of aromatic nitrogens is 1. The average molecular weight is 208 g/mol. The van der Waals surface area contributed by atoms with Crippen LogP contribution in [0.4, 0.5) is 0 Å². The zero-order chi connectivity index (χ0) is 11.3. The molecule has 0 aliphatic heterocycles. The van der Waals surface area contributed by atoms with Crippen molar-refractivity contribution in [3.63, 3.8) is 0 Å². The predicted molar refractivity (Wildman–Crippen MR) is 60.5 cm³/mol. The molecule has 15 heavy (non-hydrogen) atoms. The van der Waals surface area contributed by atoms with Crippen LogP contribution in [-0.4, -0.2) is 16.2 Å². The summed E-state index contributed by atoms with van der Waals surface area (Å²) < 4.78 is 2.01. The van der Waals surface area contributed by atoms with Crippen molar-refractivity contribution in [2.75, 3.05) is 6.54 Å². The number of hydrogen-bond donors (Lipinski definition) is 2. The summed E-state index contributed by atoms with van der Waals surface area (Å²) in [6.07, 6.45) is 6.11. The predicted octanol–water partition coefficient (Wildman–Crippen LogP) is 1.14. The molecule has 0 saturated carbocycles. The van der Waals surface area contributed by atoms with Crippen LogP contribution in [0.1, 0.15) is 31.4 Å². The van der Waals surface area contributed by atoms with Crippen LogP contribution in [0.5, 0.6) is 0 Å². The Morgan fingerprint density at radius 1 is 1.47 bits per heavy atom. The third kappa shape index (κ3) is 1.34. The van der Waals surface area contributed by atoms with Crippen molar-refractivity contribution in [1.82, 2.24) is 4.57 Å². The summed E-state index contributed by atoms with van der Waals surface area (Å²) in [5.41, 5.74) is 7.02. The van der Waals surface area contributed by atoms with E-state index in [0.717, 1.165) is 18.4 Å². The van der Waals surface area contributed by atoms with Crippen molar-refractivity contribution in [1.29, 1.82) is 0 Å². The highest BCUT2D eigenvalue weighted by molar-refractivity contribution is 5.35. The molecule has 1 aromatic rings. The van der Waals surface area contributed by atoms with Crippen molar-refractivity contribution in [3.05, 3.63) is 23.5 Å². The molecule has 1 heterocycles. The fraction of sp³-hybridized carbons (Fsp3) is 0.667. The maximum atomic E-state index is 10.7. The van der Waals surface area contributed by atoms with Gasteiger partial charge in [-0.05, 0) is 23.8 Å². The first-order chi connectivity index (χ1) is 6.90. The summed E-state index contributed by atoms with van der Waals surface area (Å²) in [5, 5.41) is 10.7. The molecule has 3 nitrogen and oxygen atoms in total. The minimum atomic E-state index is -0.873. The quantitative estimate of drug-likeness (QED) is 0.727. The van der Waals surface area contributed by atoms with Gasteiger partial charge in [0.25, 0.3) is 0 Å². The Morgan fingerprint density at radius 2 is 2.13 bits per heavy atom. The third-order valence-electron chi connectivity index (χ3n) is 3.92. The molecule has 0 fully saturated rings. The Hall–Kier alpha value is -0.800. The van der Waals surface area contributed by atoms with Gasteiger partial charge in [-0.15, -0.1) is 0 Å². The van der Waals surface area contributed by atoms with Crippen LogP contribution in [0, 0.1) is 5.41 Å². The lowest BCUT2D eigenvalue weighted by molar-refractivity contribution is -0.0772. The van der Waals surface area contributed by atoms with Gasteiger partial charge in [0, 0.05) is 31.5 Å². The highest BCUT2D eigenvalue weighted by Crippen LogP contribution is 2.47. The van der Waals surface area contributed by atoms with Gasteiger partial charge in [-0.3, -0.25) is 0 Å². The van der Waals surface area contributed by atoms with E-state index in [-0.39, 0.29) is 12.0 Å². The molecule has 3 heteroatoms. The lowest BCUT2D eigenvalue weighted by Crippen LogP contribution is -2.50. The van der Waals surface area contributed by atoms with E-state index in [0.29, 0.717) is 0 Å². The summed E-state index contributed by atoms with van der Waals surface area (Å²) in [6, 6.07) is 0. The van der Waals surface area contributed by atoms with Crippen molar-refractivity contribution in [3.8, 4) is 0 Å². The number of aliphatic hydroxyl groups is 1. The molecule has 0 radical (unpaired) electrons. The zero-order valence-electron chi connectivity index (χ0n) is 9.75. The highest BCUT2D eigenvalue weighted by Gasteiger charge is 2.48. The van der Waals surface area contributed by atoms with Crippen LogP contribution >= 0.6 is 0 Å². The minimum absolute atomic E-state index is 0.143. The van der Waals surface area contributed by atoms with Gasteiger partial charge in [0.05, 0.1) is 0 Å². The molecule has 3 N–H and O–H groups in total. The summed E-state index contributed by atoms with van der Waals surface area (Å²) in [7, 11) is 1.99. The number of rotatable bonds is 1. The number of hydrogen-bond acceptors (Lipinski definition) is 2. The monoisotopic (exact) mass is 208 g/mol. The maximum absolute atomic E-state index is 10.7. The molecule has 1 aliphatic rings. The Kier molecular flexibility index (Phi) is 2.21. The number of aryl methyl sites for hydroxylation is 2. The van der Waals surface area contributed by atoms with Crippen LogP contribution < -0.4 is 5.73 Å². The van der Waals surface area contributed by atoms with Gasteiger partial charge in [-0.2, -0.15) is 0 Å². The molecule has 0 aromatic carbocycles. The molecular formula is C12H20N2O. The molecule has 0 spiro atoms. The summed E-state index contributed by atoms with van der Waals surface area (Å²) in [5.74, 6) is 0. The van der Waals surface area contributed by atoms with E-state index in [1.165, 1.54) is 5.56 Å². The Balaban J connectivity index is 2.58. The number of fused-ring (bicyclic) bond motifs is 1. The molecule has 84 valence electrons. The Bertz CT molecular complexity index is 381. The van der Waals surface area contributed by atoms with E-state index >= 15 is 0 Å². The highest BCUT2D eigenvalue weighted by atomic mass is 16.3. The number of nitrogens with zero attached hydrogens (tertiary/aromatic N) is 1. The first-order valence-corrected chi connectivity index (χ1v) is 5.48. The first-order valence-electron chi connectivity index (χ1n) is 5.48. The van der Waals surface area contributed by atoms with Gasteiger partial charge in [0.1, 0.15) is 5.60 Å². The average Bonchev–Trinajstić information content (AvgIpc) is 2.54. The van der Waals surface area contributed by atoms with E-state index < -0.39 is 5.60 Å². The van der Waals surface area contributed by atoms with Crippen molar-refractivity contribution in [2.24, 2.45) is 18.2 Å². The zero-order valence-corrected chi connectivity index (χ0v) is 9.75. The van der Waals surface area contributed by atoms with Crippen molar-refractivity contribution < 1.29 is 5.11 Å². The van der Waals surface area contributed by atoms with Gasteiger partial charge in [0.2, 0.25) is 0 Å².